The summed E-state index contributed by atoms with van der Waals surface area (Å²) in [7, 11) is 0. The Hall–Kier alpha value is -3.28. The van der Waals surface area contributed by atoms with Crippen LogP contribution in [0.3, 0.4) is 0 Å². The first-order chi connectivity index (χ1) is 13.5. The van der Waals surface area contributed by atoms with Crippen molar-refractivity contribution in [3.05, 3.63) is 82.4 Å². The molecule has 142 valence electrons. The summed E-state index contributed by atoms with van der Waals surface area (Å²) in [5.41, 5.74) is 2.02. The maximum atomic E-state index is 14.1. The van der Waals surface area contributed by atoms with E-state index in [0.717, 1.165) is 16.8 Å². The lowest BCUT2D eigenvalue weighted by atomic mass is 9.86. The van der Waals surface area contributed by atoms with Gasteiger partial charge in [-0.25, -0.2) is 9.37 Å². The van der Waals surface area contributed by atoms with Crippen LogP contribution in [-0.4, -0.2) is 20.2 Å². The second kappa shape index (κ2) is 7.38. The summed E-state index contributed by atoms with van der Waals surface area (Å²) in [4.78, 5) is 20.0. The van der Waals surface area contributed by atoms with Crippen LogP contribution in [0.1, 0.15) is 31.2 Å². The standard InChI is InChI=1S/C22H21FN4O/c1-13(2)17(11-21-24-12-25-27-21)16-8-9-20(26-22(16)28)15-7-6-14-4-3-5-19(23)18(14)10-15/h3-10,12-13,17H,11H2,1-2H3,(H,26,28)(H,24,25,27). The molecule has 0 spiro atoms. The summed E-state index contributed by atoms with van der Waals surface area (Å²) in [5, 5.41) is 8.11. The predicted octanol–water partition coefficient (Wildman–Crippen LogP) is 4.43. The number of hydrogen-bond donors (Lipinski definition) is 2. The van der Waals surface area contributed by atoms with Gasteiger partial charge in [-0.1, -0.05) is 44.2 Å². The van der Waals surface area contributed by atoms with E-state index in [1.165, 1.54) is 12.4 Å². The second-order valence-corrected chi connectivity index (χ2v) is 7.32. The van der Waals surface area contributed by atoms with Crippen LogP contribution in [0.25, 0.3) is 22.0 Å². The molecule has 0 aliphatic rings. The molecule has 4 aromatic rings. The second-order valence-electron chi connectivity index (χ2n) is 7.32. The molecular formula is C22H21FN4O. The zero-order chi connectivity index (χ0) is 19.7. The van der Waals surface area contributed by atoms with Crippen LogP contribution in [0.2, 0.25) is 0 Å². The van der Waals surface area contributed by atoms with Crippen LogP contribution >= 0.6 is 0 Å². The Labute approximate surface area is 161 Å². The fraction of sp³-hybridized carbons (Fsp3) is 0.227. The zero-order valence-electron chi connectivity index (χ0n) is 15.7. The largest absolute Gasteiger partial charge is 0.322 e. The molecule has 28 heavy (non-hydrogen) atoms. The quantitative estimate of drug-likeness (QED) is 0.541. The molecule has 0 radical (unpaired) electrons. The first-order valence-electron chi connectivity index (χ1n) is 9.29. The minimum absolute atomic E-state index is 0.0137. The van der Waals surface area contributed by atoms with E-state index in [1.807, 2.05) is 30.3 Å². The zero-order valence-corrected chi connectivity index (χ0v) is 15.7. The number of hydrogen-bond acceptors (Lipinski definition) is 3. The summed E-state index contributed by atoms with van der Waals surface area (Å²) >= 11 is 0. The molecule has 1 atom stereocenters. The first-order valence-corrected chi connectivity index (χ1v) is 9.29. The van der Waals surface area contributed by atoms with Gasteiger partial charge in [0.2, 0.25) is 0 Å². The van der Waals surface area contributed by atoms with Gasteiger partial charge in [0.1, 0.15) is 18.0 Å². The molecule has 2 heterocycles. The van der Waals surface area contributed by atoms with Gasteiger partial charge >= 0.3 is 0 Å². The van der Waals surface area contributed by atoms with Crippen molar-refractivity contribution in [2.24, 2.45) is 5.92 Å². The van der Waals surface area contributed by atoms with Crippen LogP contribution in [0.15, 0.2) is 59.7 Å². The maximum Gasteiger partial charge on any atom is 0.251 e. The van der Waals surface area contributed by atoms with Crippen LogP contribution in [0.5, 0.6) is 0 Å². The van der Waals surface area contributed by atoms with Crippen molar-refractivity contribution >= 4 is 10.8 Å². The van der Waals surface area contributed by atoms with Crippen molar-refractivity contribution in [1.82, 2.24) is 20.2 Å². The van der Waals surface area contributed by atoms with E-state index in [-0.39, 0.29) is 23.2 Å². The first kappa shape index (κ1) is 18.1. The van der Waals surface area contributed by atoms with Crippen molar-refractivity contribution in [3.8, 4) is 11.3 Å². The topological polar surface area (TPSA) is 74.4 Å². The van der Waals surface area contributed by atoms with E-state index < -0.39 is 0 Å². The molecule has 2 N–H and O–H groups in total. The molecule has 2 aromatic carbocycles. The molecule has 4 rings (SSSR count). The van der Waals surface area contributed by atoms with E-state index in [1.54, 1.807) is 12.1 Å². The molecular weight excluding hydrogens is 355 g/mol. The van der Waals surface area contributed by atoms with Gasteiger partial charge in [-0.05, 0) is 41.0 Å². The lowest BCUT2D eigenvalue weighted by Crippen LogP contribution is -2.22. The van der Waals surface area contributed by atoms with Crippen molar-refractivity contribution in [3.63, 3.8) is 0 Å². The number of rotatable bonds is 5. The molecule has 0 fully saturated rings. The molecule has 0 amide bonds. The van der Waals surface area contributed by atoms with Crippen molar-refractivity contribution in [2.45, 2.75) is 26.2 Å². The Bertz CT molecular complexity index is 1160. The average molecular weight is 376 g/mol. The number of aromatic amines is 2. The van der Waals surface area contributed by atoms with Crippen LogP contribution in [0.4, 0.5) is 4.39 Å². The van der Waals surface area contributed by atoms with Gasteiger partial charge in [0, 0.05) is 23.1 Å². The van der Waals surface area contributed by atoms with Crippen LogP contribution < -0.4 is 5.56 Å². The van der Waals surface area contributed by atoms with Gasteiger partial charge in [0.15, 0.2) is 0 Å². The number of halogens is 1. The highest BCUT2D eigenvalue weighted by molar-refractivity contribution is 5.87. The SMILES string of the molecule is CC(C)C(Cc1ncn[nH]1)c1ccc(-c2ccc3cccc(F)c3c2)[nH]c1=O. The summed E-state index contributed by atoms with van der Waals surface area (Å²) in [6.45, 7) is 4.17. The highest BCUT2D eigenvalue weighted by Crippen LogP contribution is 2.28. The Morgan fingerprint density at radius 1 is 1.11 bits per heavy atom. The summed E-state index contributed by atoms with van der Waals surface area (Å²) in [5.74, 6) is 0.754. The lowest BCUT2D eigenvalue weighted by molar-refractivity contribution is 0.482. The van der Waals surface area contributed by atoms with Gasteiger partial charge < -0.3 is 4.98 Å². The average Bonchev–Trinajstić information content (AvgIpc) is 3.20. The van der Waals surface area contributed by atoms with E-state index in [2.05, 4.69) is 34.0 Å². The molecule has 0 aliphatic heterocycles. The number of aromatic nitrogens is 4. The Morgan fingerprint density at radius 3 is 2.68 bits per heavy atom. The van der Waals surface area contributed by atoms with Gasteiger partial charge in [-0.15, -0.1) is 0 Å². The number of H-pyrrole nitrogens is 2. The van der Waals surface area contributed by atoms with E-state index in [9.17, 15) is 9.18 Å². The predicted molar refractivity (Wildman–Crippen MR) is 108 cm³/mol. The lowest BCUT2D eigenvalue weighted by Gasteiger charge is -2.19. The third-order valence-corrected chi connectivity index (χ3v) is 5.16. The Morgan fingerprint density at radius 2 is 1.96 bits per heavy atom. The molecule has 5 nitrogen and oxygen atoms in total. The van der Waals surface area contributed by atoms with Crippen molar-refractivity contribution in [2.75, 3.05) is 0 Å². The Kier molecular flexibility index (Phi) is 4.77. The minimum Gasteiger partial charge on any atom is -0.322 e. The van der Waals surface area contributed by atoms with Crippen LogP contribution in [0, 0.1) is 11.7 Å². The van der Waals surface area contributed by atoms with Crippen molar-refractivity contribution in [1.29, 1.82) is 0 Å². The highest BCUT2D eigenvalue weighted by Gasteiger charge is 2.21. The van der Waals surface area contributed by atoms with Crippen molar-refractivity contribution < 1.29 is 4.39 Å². The third-order valence-electron chi connectivity index (χ3n) is 5.16. The number of benzene rings is 2. The smallest absolute Gasteiger partial charge is 0.251 e. The summed E-state index contributed by atoms with van der Waals surface area (Å²) in [6, 6.07) is 14.3. The molecule has 0 saturated carbocycles. The van der Waals surface area contributed by atoms with Gasteiger partial charge in [0.25, 0.3) is 5.56 Å². The minimum atomic E-state index is -0.273. The fourth-order valence-electron chi connectivity index (χ4n) is 3.59. The summed E-state index contributed by atoms with van der Waals surface area (Å²) < 4.78 is 14.1. The Balaban J connectivity index is 1.71. The van der Waals surface area contributed by atoms with E-state index in [0.29, 0.717) is 23.1 Å². The normalized spacial score (nSPS) is 12.6. The summed E-state index contributed by atoms with van der Waals surface area (Å²) in [6.07, 6.45) is 2.08. The van der Waals surface area contributed by atoms with Crippen LogP contribution in [-0.2, 0) is 6.42 Å². The number of nitrogens with one attached hydrogen (secondary N) is 2. The third kappa shape index (κ3) is 3.45. The fourth-order valence-corrected chi connectivity index (χ4v) is 3.59. The van der Waals surface area contributed by atoms with E-state index in [4.69, 9.17) is 0 Å². The van der Waals surface area contributed by atoms with Gasteiger partial charge in [-0.2, -0.15) is 5.10 Å². The van der Waals surface area contributed by atoms with Gasteiger partial charge in [-0.3, -0.25) is 9.89 Å². The molecule has 0 saturated heterocycles. The number of nitrogens with zero attached hydrogens (tertiary/aromatic N) is 2. The molecule has 2 aromatic heterocycles. The number of pyridine rings is 1. The molecule has 0 bridgehead atoms. The number of fused-ring (bicyclic) bond motifs is 1. The van der Waals surface area contributed by atoms with E-state index >= 15 is 0 Å². The monoisotopic (exact) mass is 376 g/mol. The highest BCUT2D eigenvalue weighted by atomic mass is 19.1. The molecule has 1 unspecified atom stereocenters. The van der Waals surface area contributed by atoms with Gasteiger partial charge in [0.05, 0.1) is 0 Å². The molecule has 0 aliphatic carbocycles. The maximum absolute atomic E-state index is 14.1. The molecule has 6 heteroatoms.